The lowest BCUT2D eigenvalue weighted by Gasteiger charge is -2.30. The van der Waals surface area contributed by atoms with Gasteiger partial charge in [-0.3, -0.25) is 19.7 Å². The molecule has 0 radical (unpaired) electrons. The number of amides is 2. The Morgan fingerprint density at radius 2 is 1.96 bits per heavy atom. The van der Waals surface area contributed by atoms with Crippen molar-refractivity contribution in [3.05, 3.63) is 46.0 Å². The Morgan fingerprint density at radius 1 is 1.30 bits per heavy atom. The van der Waals surface area contributed by atoms with Crippen LogP contribution < -0.4 is 5.32 Å². The number of hydrogen-bond donors (Lipinski definition) is 1. The van der Waals surface area contributed by atoms with Gasteiger partial charge in [0.2, 0.25) is 11.8 Å². The van der Waals surface area contributed by atoms with E-state index in [2.05, 4.69) is 5.32 Å². The molecule has 0 bridgehead atoms. The van der Waals surface area contributed by atoms with Gasteiger partial charge in [-0.25, -0.2) is 0 Å². The average molecular weight is 317 g/mol. The third kappa shape index (κ3) is 4.15. The predicted octanol–water partition coefficient (Wildman–Crippen LogP) is 1.59. The van der Waals surface area contributed by atoms with Gasteiger partial charge in [0.1, 0.15) is 0 Å². The van der Waals surface area contributed by atoms with Crippen LogP contribution in [0.25, 0.3) is 6.08 Å². The number of rotatable bonds is 4. The highest BCUT2D eigenvalue weighted by Crippen LogP contribution is 2.20. The Bertz CT molecular complexity index is 634. The van der Waals surface area contributed by atoms with E-state index in [1.165, 1.54) is 18.2 Å². The number of para-hydroxylation sites is 1. The lowest BCUT2D eigenvalue weighted by atomic mass is 9.96. The van der Waals surface area contributed by atoms with Gasteiger partial charge in [-0.1, -0.05) is 12.1 Å². The number of likely N-dealkylation sites (tertiary alicyclic amines) is 1. The monoisotopic (exact) mass is 317 g/mol. The quantitative estimate of drug-likeness (QED) is 0.518. The maximum Gasteiger partial charge on any atom is 0.276 e. The summed E-state index contributed by atoms with van der Waals surface area (Å²) < 4.78 is 0. The van der Waals surface area contributed by atoms with Gasteiger partial charge < -0.3 is 10.2 Å². The van der Waals surface area contributed by atoms with Crippen LogP contribution >= 0.6 is 0 Å². The SMILES string of the molecule is CNC(=O)C1CCN(C(=O)/C=C/c2ccccc2[N+](=O)[O-])CC1. The van der Waals surface area contributed by atoms with Crippen LogP contribution in [0, 0.1) is 16.0 Å². The van der Waals surface area contributed by atoms with Crippen molar-refractivity contribution >= 4 is 23.6 Å². The molecule has 122 valence electrons. The molecule has 0 saturated carbocycles. The number of nitro groups is 1. The van der Waals surface area contributed by atoms with E-state index in [1.54, 1.807) is 30.1 Å². The van der Waals surface area contributed by atoms with Crippen molar-refractivity contribution < 1.29 is 14.5 Å². The lowest BCUT2D eigenvalue weighted by Crippen LogP contribution is -2.41. The Labute approximate surface area is 134 Å². The number of nitrogens with one attached hydrogen (secondary N) is 1. The van der Waals surface area contributed by atoms with Crippen molar-refractivity contribution in [1.29, 1.82) is 0 Å². The number of hydrogen-bond acceptors (Lipinski definition) is 4. The van der Waals surface area contributed by atoms with Crippen LogP contribution in [0.1, 0.15) is 18.4 Å². The molecule has 1 aliphatic heterocycles. The molecule has 7 nitrogen and oxygen atoms in total. The average Bonchev–Trinajstić information content (AvgIpc) is 2.59. The minimum atomic E-state index is -0.473. The number of carbonyl (C=O) groups is 2. The van der Waals surface area contributed by atoms with E-state index >= 15 is 0 Å². The molecule has 2 rings (SSSR count). The summed E-state index contributed by atoms with van der Waals surface area (Å²) in [5.74, 6) is -0.241. The van der Waals surface area contributed by atoms with Gasteiger partial charge in [0, 0.05) is 38.2 Å². The molecule has 1 saturated heterocycles. The summed E-state index contributed by atoms with van der Waals surface area (Å²) in [5, 5.41) is 13.6. The van der Waals surface area contributed by atoms with Crippen LogP contribution in [-0.2, 0) is 9.59 Å². The Kier molecular flexibility index (Phi) is 5.46. The van der Waals surface area contributed by atoms with Gasteiger partial charge in [0.25, 0.3) is 5.69 Å². The van der Waals surface area contributed by atoms with E-state index in [0.29, 0.717) is 31.5 Å². The van der Waals surface area contributed by atoms with Gasteiger partial charge >= 0.3 is 0 Å². The summed E-state index contributed by atoms with van der Waals surface area (Å²) in [6, 6.07) is 6.27. The first-order valence-electron chi connectivity index (χ1n) is 7.45. The van der Waals surface area contributed by atoms with Gasteiger partial charge in [0.15, 0.2) is 0 Å². The van der Waals surface area contributed by atoms with Crippen molar-refractivity contribution in [2.75, 3.05) is 20.1 Å². The minimum absolute atomic E-state index is 0.00699. The number of piperidine rings is 1. The number of nitro benzene ring substituents is 1. The van der Waals surface area contributed by atoms with Gasteiger partial charge in [0.05, 0.1) is 10.5 Å². The van der Waals surface area contributed by atoms with Crippen LogP contribution in [0.3, 0.4) is 0 Å². The third-order valence-electron chi connectivity index (χ3n) is 3.96. The molecule has 1 aromatic carbocycles. The summed E-state index contributed by atoms with van der Waals surface area (Å²) in [5.41, 5.74) is 0.362. The fourth-order valence-corrected chi connectivity index (χ4v) is 2.63. The standard InChI is InChI=1S/C16H19N3O4/c1-17-16(21)13-8-10-18(11-9-13)15(20)7-6-12-4-2-3-5-14(12)19(22)23/h2-7,13H,8-11H2,1H3,(H,17,21)/b7-6+. The van der Waals surface area contributed by atoms with Crippen molar-refractivity contribution in [3.8, 4) is 0 Å². The summed E-state index contributed by atoms with van der Waals surface area (Å²) in [7, 11) is 1.61. The first-order valence-corrected chi connectivity index (χ1v) is 7.45. The molecular weight excluding hydrogens is 298 g/mol. The number of carbonyl (C=O) groups excluding carboxylic acids is 2. The van der Waals surface area contributed by atoms with Gasteiger partial charge in [-0.2, -0.15) is 0 Å². The van der Waals surface area contributed by atoms with Crippen molar-refractivity contribution in [1.82, 2.24) is 10.2 Å². The van der Waals surface area contributed by atoms with Crippen molar-refractivity contribution in [3.63, 3.8) is 0 Å². The summed E-state index contributed by atoms with van der Waals surface area (Å²) >= 11 is 0. The van der Waals surface area contributed by atoms with E-state index in [0.717, 1.165) is 0 Å². The van der Waals surface area contributed by atoms with E-state index < -0.39 is 4.92 Å². The largest absolute Gasteiger partial charge is 0.359 e. The second-order valence-electron chi connectivity index (χ2n) is 5.36. The molecule has 0 aromatic heterocycles. The fraction of sp³-hybridized carbons (Fsp3) is 0.375. The Hall–Kier alpha value is -2.70. The topological polar surface area (TPSA) is 92.6 Å². The van der Waals surface area contributed by atoms with Crippen LogP contribution in [0.2, 0.25) is 0 Å². The summed E-state index contributed by atoms with van der Waals surface area (Å²) in [6.45, 7) is 1.02. The molecule has 0 atom stereocenters. The summed E-state index contributed by atoms with van der Waals surface area (Å²) in [6.07, 6.45) is 4.07. The van der Waals surface area contributed by atoms with Gasteiger partial charge in [-0.05, 0) is 25.0 Å². The predicted molar refractivity (Wildman–Crippen MR) is 85.5 cm³/mol. The van der Waals surface area contributed by atoms with E-state index in [-0.39, 0.29) is 23.4 Å². The summed E-state index contributed by atoms with van der Waals surface area (Å²) in [4.78, 5) is 35.8. The molecule has 23 heavy (non-hydrogen) atoms. The molecule has 0 spiro atoms. The maximum absolute atomic E-state index is 12.2. The zero-order chi connectivity index (χ0) is 16.8. The van der Waals surface area contributed by atoms with E-state index in [9.17, 15) is 19.7 Å². The zero-order valence-corrected chi connectivity index (χ0v) is 12.9. The van der Waals surface area contributed by atoms with Crippen molar-refractivity contribution in [2.45, 2.75) is 12.8 Å². The van der Waals surface area contributed by atoms with Crippen LogP contribution in [0.15, 0.2) is 30.3 Å². The molecule has 1 aromatic rings. The fourth-order valence-electron chi connectivity index (χ4n) is 2.63. The van der Waals surface area contributed by atoms with E-state index in [4.69, 9.17) is 0 Å². The van der Waals surface area contributed by atoms with Crippen LogP contribution in [-0.4, -0.2) is 41.8 Å². The lowest BCUT2D eigenvalue weighted by molar-refractivity contribution is -0.385. The highest BCUT2D eigenvalue weighted by molar-refractivity contribution is 5.92. The molecule has 0 aliphatic carbocycles. The zero-order valence-electron chi connectivity index (χ0n) is 12.9. The molecule has 1 aliphatic rings. The highest BCUT2D eigenvalue weighted by Gasteiger charge is 2.25. The molecule has 0 unspecified atom stereocenters. The molecule has 1 fully saturated rings. The number of benzene rings is 1. The Morgan fingerprint density at radius 3 is 2.57 bits per heavy atom. The maximum atomic E-state index is 12.2. The normalized spacial score (nSPS) is 15.6. The second kappa shape index (κ2) is 7.53. The smallest absolute Gasteiger partial charge is 0.276 e. The molecule has 1 N–H and O–H groups in total. The third-order valence-corrected chi connectivity index (χ3v) is 3.96. The first-order chi connectivity index (χ1) is 11.0. The Balaban J connectivity index is 1.98. The molecule has 2 amide bonds. The van der Waals surface area contributed by atoms with Crippen LogP contribution in [0.4, 0.5) is 5.69 Å². The molecule has 7 heteroatoms. The van der Waals surface area contributed by atoms with Crippen LogP contribution in [0.5, 0.6) is 0 Å². The molecule has 1 heterocycles. The van der Waals surface area contributed by atoms with E-state index in [1.807, 2.05) is 0 Å². The van der Waals surface area contributed by atoms with Crippen molar-refractivity contribution in [2.24, 2.45) is 5.92 Å². The van der Waals surface area contributed by atoms with Gasteiger partial charge in [-0.15, -0.1) is 0 Å². The highest BCUT2D eigenvalue weighted by atomic mass is 16.6. The minimum Gasteiger partial charge on any atom is -0.359 e. The molecular formula is C16H19N3O4. The number of nitrogens with zero attached hydrogens (tertiary/aromatic N) is 2. The first kappa shape index (κ1) is 16.7. The second-order valence-corrected chi connectivity index (χ2v) is 5.36.